The first-order valence-electron chi connectivity index (χ1n) is 5.91. The third-order valence-electron chi connectivity index (χ3n) is 3.00. The molecule has 4 nitrogen and oxygen atoms in total. The lowest BCUT2D eigenvalue weighted by molar-refractivity contribution is 0.0497. The normalized spacial score (nSPS) is 17.4. The minimum atomic E-state index is -3.76. The van der Waals surface area contributed by atoms with E-state index in [0.29, 0.717) is 18.3 Å². The fraction of sp³-hybridized carbons (Fsp3) is 0.500. The minimum absolute atomic E-state index is 0.0300. The van der Waals surface area contributed by atoms with Gasteiger partial charge in [-0.2, -0.15) is 0 Å². The molecule has 0 amide bonds. The van der Waals surface area contributed by atoms with Gasteiger partial charge in [-0.1, -0.05) is 11.6 Å². The molecule has 19 heavy (non-hydrogen) atoms. The van der Waals surface area contributed by atoms with Crippen LogP contribution in [0.5, 0.6) is 5.75 Å². The summed E-state index contributed by atoms with van der Waals surface area (Å²) in [5.74, 6) is 0.915. The van der Waals surface area contributed by atoms with Crippen LogP contribution < -0.4 is 4.74 Å². The Bertz CT molecular complexity index is 539. The van der Waals surface area contributed by atoms with E-state index < -0.39 is 9.05 Å². The number of ether oxygens (including phenoxy) is 2. The summed E-state index contributed by atoms with van der Waals surface area (Å²) in [5, 5.41) is 0.244. The fourth-order valence-corrected chi connectivity index (χ4v) is 2.95. The van der Waals surface area contributed by atoms with Crippen molar-refractivity contribution in [3.05, 3.63) is 23.2 Å². The van der Waals surface area contributed by atoms with Crippen LogP contribution in [0.2, 0.25) is 5.02 Å². The van der Waals surface area contributed by atoms with Gasteiger partial charge in [0.2, 0.25) is 0 Å². The highest BCUT2D eigenvalue weighted by atomic mass is 35.7. The number of halogens is 2. The number of rotatable bonds is 4. The van der Waals surface area contributed by atoms with E-state index in [-0.39, 0.29) is 9.92 Å². The van der Waals surface area contributed by atoms with Gasteiger partial charge in [0.15, 0.2) is 0 Å². The largest absolute Gasteiger partial charge is 0.492 e. The van der Waals surface area contributed by atoms with Crippen molar-refractivity contribution < 1.29 is 17.9 Å². The Morgan fingerprint density at radius 3 is 2.58 bits per heavy atom. The second kappa shape index (κ2) is 6.31. The zero-order valence-corrected chi connectivity index (χ0v) is 12.5. The maximum atomic E-state index is 11.2. The van der Waals surface area contributed by atoms with Gasteiger partial charge >= 0.3 is 0 Å². The highest BCUT2D eigenvalue weighted by Gasteiger charge is 2.16. The van der Waals surface area contributed by atoms with Gasteiger partial charge < -0.3 is 9.47 Å². The molecule has 0 spiro atoms. The summed E-state index contributed by atoms with van der Waals surface area (Å²) in [5.41, 5.74) is 0. The Hall–Kier alpha value is -0.490. The molecule has 0 aromatic heterocycles. The molecule has 1 aliphatic rings. The third-order valence-corrected chi connectivity index (χ3v) is 4.65. The number of hydrogen-bond acceptors (Lipinski definition) is 4. The average Bonchev–Trinajstić information content (AvgIpc) is 2.37. The molecule has 1 aromatic carbocycles. The summed E-state index contributed by atoms with van der Waals surface area (Å²) in [6.07, 6.45) is 1.93. The van der Waals surface area contributed by atoms with Crippen molar-refractivity contribution in [2.24, 2.45) is 5.92 Å². The van der Waals surface area contributed by atoms with E-state index in [0.717, 1.165) is 26.1 Å². The molecule has 7 heteroatoms. The van der Waals surface area contributed by atoms with E-state index in [1.54, 1.807) is 0 Å². The van der Waals surface area contributed by atoms with Crippen LogP contribution in [-0.2, 0) is 13.8 Å². The molecule has 1 aromatic rings. The molecular weight excluding hydrogens is 311 g/mol. The van der Waals surface area contributed by atoms with Crippen molar-refractivity contribution in [2.45, 2.75) is 17.7 Å². The van der Waals surface area contributed by atoms with Crippen molar-refractivity contribution in [1.82, 2.24) is 0 Å². The SMILES string of the molecule is O=S(=O)(Cl)c1ccc(OCC2CCOCC2)c(Cl)c1. The molecule has 0 bridgehead atoms. The molecule has 0 N–H and O–H groups in total. The van der Waals surface area contributed by atoms with Crippen molar-refractivity contribution >= 4 is 31.3 Å². The predicted octanol–water partition coefficient (Wildman–Crippen LogP) is 3.07. The quantitative estimate of drug-likeness (QED) is 0.799. The van der Waals surface area contributed by atoms with Crippen molar-refractivity contribution in [2.75, 3.05) is 19.8 Å². The average molecular weight is 325 g/mol. The molecule has 0 unspecified atom stereocenters. The molecule has 0 saturated carbocycles. The molecule has 2 rings (SSSR count). The molecular formula is C12H14Cl2O4S. The van der Waals surface area contributed by atoms with E-state index in [1.165, 1.54) is 18.2 Å². The van der Waals surface area contributed by atoms with Gasteiger partial charge in [-0.25, -0.2) is 8.42 Å². The molecule has 1 aliphatic heterocycles. The maximum absolute atomic E-state index is 11.2. The summed E-state index contributed by atoms with van der Waals surface area (Å²) in [6.45, 7) is 2.06. The highest BCUT2D eigenvalue weighted by molar-refractivity contribution is 8.13. The van der Waals surface area contributed by atoms with Crippen LogP contribution in [0, 0.1) is 5.92 Å². The van der Waals surface area contributed by atoms with Crippen LogP contribution in [0.1, 0.15) is 12.8 Å². The van der Waals surface area contributed by atoms with Crippen LogP contribution in [0.15, 0.2) is 23.1 Å². The van der Waals surface area contributed by atoms with Gasteiger partial charge in [0.25, 0.3) is 9.05 Å². The molecule has 0 atom stereocenters. The summed E-state index contributed by atoms with van der Waals surface area (Å²) in [4.78, 5) is -0.0300. The zero-order chi connectivity index (χ0) is 13.9. The van der Waals surface area contributed by atoms with E-state index in [4.69, 9.17) is 31.8 Å². The smallest absolute Gasteiger partial charge is 0.261 e. The van der Waals surface area contributed by atoms with E-state index in [1.807, 2.05) is 0 Å². The topological polar surface area (TPSA) is 52.6 Å². The van der Waals surface area contributed by atoms with Gasteiger partial charge in [0.1, 0.15) is 5.75 Å². The summed E-state index contributed by atoms with van der Waals surface area (Å²) in [6, 6.07) is 4.20. The lowest BCUT2D eigenvalue weighted by atomic mass is 10.0. The van der Waals surface area contributed by atoms with Crippen molar-refractivity contribution in [1.29, 1.82) is 0 Å². The molecule has 0 aliphatic carbocycles. The van der Waals surface area contributed by atoms with Crippen LogP contribution in [-0.4, -0.2) is 28.2 Å². The zero-order valence-electron chi connectivity index (χ0n) is 10.1. The van der Waals surface area contributed by atoms with E-state index in [2.05, 4.69) is 0 Å². The Balaban J connectivity index is 2.01. The minimum Gasteiger partial charge on any atom is -0.492 e. The third kappa shape index (κ3) is 4.24. The Morgan fingerprint density at radius 2 is 2.00 bits per heavy atom. The Labute approximate surface area is 122 Å². The van der Waals surface area contributed by atoms with E-state index in [9.17, 15) is 8.42 Å². The monoisotopic (exact) mass is 324 g/mol. The molecule has 1 saturated heterocycles. The first-order chi connectivity index (χ1) is 8.97. The fourth-order valence-electron chi connectivity index (χ4n) is 1.87. The van der Waals surface area contributed by atoms with Crippen LogP contribution in [0.3, 0.4) is 0 Å². The standard InChI is InChI=1S/C12H14Cl2O4S/c13-11-7-10(19(14,15)16)1-2-12(11)18-8-9-3-5-17-6-4-9/h1-2,7,9H,3-6,8H2. The molecule has 106 valence electrons. The maximum Gasteiger partial charge on any atom is 0.261 e. The van der Waals surface area contributed by atoms with Crippen molar-refractivity contribution in [3.8, 4) is 5.75 Å². The lowest BCUT2D eigenvalue weighted by Crippen LogP contribution is -2.21. The molecule has 1 heterocycles. The van der Waals surface area contributed by atoms with Gasteiger partial charge in [-0.15, -0.1) is 0 Å². The summed E-state index contributed by atoms with van der Waals surface area (Å²) in [7, 11) is 1.48. The van der Waals surface area contributed by atoms with Gasteiger partial charge in [0.05, 0.1) is 16.5 Å². The van der Waals surface area contributed by atoms with E-state index >= 15 is 0 Å². The highest BCUT2D eigenvalue weighted by Crippen LogP contribution is 2.29. The molecule has 0 radical (unpaired) electrons. The summed E-state index contributed by atoms with van der Waals surface area (Å²) >= 11 is 5.98. The van der Waals surface area contributed by atoms with Crippen LogP contribution in [0.25, 0.3) is 0 Å². The number of benzene rings is 1. The second-order valence-corrected chi connectivity index (χ2v) is 7.37. The predicted molar refractivity (Wildman–Crippen MR) is 73.5 cm³/mol. The number of hydrogen-bond donors (Lipinski definition) is 0. The first-order valence-corrected chi connectivity index (χ1v) is 8.60. The van der Waals surface area contributed by atoms with Gasteiger partial charge in [0, 0.05) is 23.9 Å². The lowest BCUT2D eigenvalue weighted by Gasteiger charge is -2.22. The second-order valence-electron chi connectivity index (χ2n) is 4.40. The molecule has 1 fully saturated rings. The van der Waals surface area contributed by atoms with Crippen LogP contribution in [0.4, 0.5) is 0 Å². The van der Waals surface area contributed by atoms with Gasteiger partial charge in [-0.3, -0.25) is 0 Å². The Kier molecular flexibility index (Phi) is 4.95. The van der Waals surface area contributed by atoms with Gasteiger partial charge in [-0.05, 0) is 37.0 Å². The first kappa shape index (κ1) is 14.9. The summed E-state index contributed by atoms with van der Waals surface area (Å²) < 4.78 is 33.2. The van der Waals surface area contributed by atoms with Crippen molar-refractivity contribution in [3.63, 3.8) is 0 Å². The Morgan fingerprint density at radius 1 is 1.32 bits per heavy atom. The van der Waals surface area contributed by atoms with Crippen LogP contribution >= 0.6 is 22.3 Å².